The molecule has 2 aromatic carbocycles. The van der Waals surface area contributed by atoms with Crippen molar-refractivity contribution < 1.29 is 26.3 Å². The summed E-state index contributed by atoms with van der Waals surface area (Å²) < 4.78 is 70.8. The highest BCUT2D eigenvalue weighted by Gasteiger charge is 2.32. The molecule has 0 aromatic heterocycles. The Bertz CT molecular complexity index is 831. The van der Waals surface area contributed by atoms with Gasteiger partial charge in [0, 0.05) is 13.7 Å². The number of rotatable bonds is 8. The molecular formula is C19H22F3NO3S. The lowest BCUT2D eigenvalue weighted by molar-refractivity contribution is -0.137. The summed E-state index contributed by atoms with van der Waals surface area (Å²) in [5.74, 6) is -0.413. The highest BCUT2D eigenvalue weighted by molar-refractivity contribution is 7.88. The van der Waals surface area contributed by atoms with Crippen molar-refractivity contribution in [3.8, 4) is 0 Å². The van der Waals surface area contributed by atoms with E-state index >= 15 is 0 Å². The first kappa shape index (κ1) is 21.4. The van der Waals surface area contributed by atoms with Gasteiger partial charge in [-0.15, -0.1) is 0 Å². The Morgan fingerprint density at radius 3 is 2.04 bits per heavy atom. The molecule has 1 atom stereocenters. The van der Waals surface area contributed by atoms with E-state index in [-0.39, 0.29) is 12.1 Å². The standard InChI is InChI=1S/C19H22F3NO3S/c1-3-18(26-2,16-7-5-4-6-8-16)14-23-27(24,25)13-15-9-11-17(12-10-15)19(20,21)22/h4-12,23H,3,13-14H2,1-2H3/t18-/m0/s1. The lowest BCUT2D eigenvalue weighted by atomic mass is 9.91. The van der Waals surface area contributed by atoms with Crippen LogP contribution in [0.15, 0.2) is 54.6 Å². The van der Waals surface area contributed by atoms with Crippen LogP contribution < -0.4 is 4.72 Å². The van der Waals surface area contributed by atoms with Crippen LogP contribution in [-0.4, -0.2) is 22.1 Å². The fourth-order valence-corrected chi connectivity index (χ4v) is 3.98. The third kappa shape index (κ3) is 5.54. The largest absolute Gasteiger partial charge is 0.416 e. The van der Waals surface area contributed by atoms with Crippen molar-refractivity contribution in [2.75, 3.05) is 13.7 Å². The summed E-state index contributed by atoms with van der Waals surface area (Å²) in [7, 11) is -2.24. The summed E-state index contributed by atoms with van der Waals surface area (Å²) >= 11 is 0. The molecule has 0 aliphatic carbocycles. The maximum atomic E-state index is 12.6. The highest BCUT2D eigenvalue weighted by Crippen LogP contribution is 2.30. The molecule has 4 nitrogen and oxygen atoms in total. The van der Waals surface area contributed by atoms with Crippen molar-refractivity contribution in [1.82, 2.24) is 4.72 Å². The average molecular weight is 401 g/mol. The summed E-state index contributed by atoms with van der Waals surface area (Å²) in [6.07, 6.45) is -3.92. The zero-order chi connectivity index (χ0) is 20.1. The predicted molar refractivity (Wildman–Crippen MR) is 97.5 cm³/mol. The number of alkyl halides is 3. The lowest BCUT2D eigenvalue weighted by Crippen LogP contribution is -2.42. The Balaban J connectivity index is 2.11. The molecule has 0 fully saturated rings. The second-order valence-corrected chi connectivity index (χ2v) is 8.00. The molecule has 27 heavy (non-hydrogen) atoms. The molecule has 2 rings (SSSR count). The Labute approximate surface area is 157 Å². The van der Waals surface area contributed by atoms with Crippen LogP contribution in [0.4, 0.5) is 13.2 Å². The van der Waals surface area contributed by atoms with Crippen molar-refractivity contribution >= 4 is 10.0 Å². The van der Waals surface area contributed by atoms with E-state index in [0.29, 0.717) is 6.42 Å². The van der Waals surface area contributed by atoms with Crippen LogP contribution in [0, 0.1) is 0 Å². The van der Waals surface area contributed by atoms with Crippen LogP contribution in [0.5, 0.6) is 0 Å². The normalized spacial score (nSPS) is 14.7. The van der Waals surface area contributed by atoms with Gasteiger partial charge in [-0.05, 0) is 29.7 Å². The van der Waals surface area contributed by atoms with Crippen molar-refractivity contribution in [2.24, 2.45) is 0 Å². The Morgan fingerprint density at radius 2 is 1.56 bits per heavy atom. The first-order valence-corrected chi connectivity index (χ1v) is 10.0. The molecule has 148 valence electrons. The minimum absolute atomic E-state index is 0.0208. The second kappa shape index (κ2) is 8.41. The molecule has 0 bridgehead atoms. The number of hydrogen-bond acceptors (Lipinski definition) is 3. The fourth-order valence-electron chi connectivity index (χ4n) is 2.79. The van der Waals surface area contributed by atoms with Crippen molar-refractivity contribution in [1.29, 1.82) is 0 Å². The molecule has 0 aliphatic rings. The third-order valence-corrected chi connectivity index (χ3v) is 5.77. The molecule has 0 saturated heterocycles. The maximum absolute atomic E-state index is 12.6. The minimum atomic E-state index is -4.45. The summed E-state index contributed by atoms with van der Waals surface area (Å²) in [6, 6.07) is 13.3. The molecule has 0 radical (unpaired) electrons. The number of sulfonamides is 1. The highest BCUT2D eigenvalue weighted by atomic mass is 32.2. The number of halogens is 3. The molecule has 1 N–H and O–H groups in total. The minimum Gasteiger partial charge on any atom is -0.372 e. The summed E-state index contributed by atoms with van der Waals surface area (Å²) in [5.41, 5.74) is -0.527. The van der Waals surface area contributed by atoms with Gasteiger partial charge in [0.2, 0.25) is 10.0 Å². The van der Waals surface area contributed by atoms with Gasteiger partial charge in [-0.1, -0.05) is 49.4 Å². The van der Waals surface area contributed by atoms with Crippen LogP contribution in [0.1, 0.15) is 30.0 Å². The zero-order valence-electron chi connectivity index (χ0n) is 15.1. The molecular weight excluding hydrogens is 379 g/mol. The summed E-state index contributed by atoms with van der Waals surface area (Å²) in [6.45, 7) is 1.91. The molecule has 0 spiro atoms. The van der Waals surface area contributed by atoms with Gasteiger partial charge in [-0.2, -0.15) is 13.2 Å². The van der Waals surface area contributed by atoms with Crippen molar-refractivity contribution in [2.45, 2.75) is 30.9 Å². The first-order chi connectivity index (χ1) is 12.6. The number of ether oxygens (including phenoxy) is 1. The van der Waals surface area contributed by atoms with Gasteiger partial charge < -0.3 is 4.74 Å². The Hall–Kier alpha value is -1.90. The van der Waals surface area contributed by atoms with E-state index < -0.39 is 33.1 Å². The zero-order valence-corrected chi connectivity index (χ0v) is 15.9. The third-order valence-electron chi connectivity index (χ3n) is 4.48. The number of methoxy groups -OCH3 is 1. The van der Waals surface area contributed by atoms with Gasteiger partial charge in [0.05, 0.1) is 11.3 Å². The fraction of sp³-hybridized carbons (Fsp3) is 0.368. The van der Waals surface area contributed by atoms with Gasteiger partial charge in [-0.3, -0.25) is 0 Å². The van der Waals surface area contributed by atoms with Crippen LogP contribution >= 0.6 is 0 Å². The van der Waals surface area contributed by atoms with E-state index in [1.54, 1.807) is 0 Å². The molecule has 0 heterocycles. The van der Waals surface area contributed by atoms with Crippen LogP contribution in [0.25, 0.3) is 0 Å². The smallest absolute Gasteiger partial charge is 0.372 e. The summed E-state index contributed by atoms with van der Waals surface area (Å²) in [5, 5.41) is 0. The van der Waals surface area contributed by atoms with Gasteiger partial charge in [0.15, 0.2) is 0 Å². The van der Waals surface area contributed by atoms with Crippen LogP contribution in [-0.2, 0) is 32.3 Å². The quantitative estimate of drug-likeness (QED) is 0.725. The molecule has 0 aliphatic heterocycles. The van der Waals surface area contributed by atoms with E-state index in [2.05, 4.69) is 4.72 Å². The number of hydrogen-bond donors (Lipinski definition) is 1. The molecule has 8 heteroatoms. The molecule has 2 aromatic rings. The van der Waals surface area contributed by atoms with E-state index in [4.69, 9.17) is 4.74 Å². The second-order valence-electron chi connectivity index (χ2n) is 6.19. The van der Waals surface area contributed by atoms with Crippen molar-refractivity contribution in [3.63, 3.8) is 0 Å². The number of nitrogens with one attached hydrogen (secondary N) is 1. The number of benzene rings is 2. The topological polar surface area (TPSA) is 55.4 Å². The Kier molecular flexibility index (Phi) is 6.67. The van der Waals surface area contributed by atoms with Gasteiger partial charge in [0.1, 0.15) is 5.60 Å². The lowest BCUT2D eigenvalue weighted by Gasteiger charge is -2.32. The Morgan fingerprint density at radius 1 is 0.963 bits per heavy atom. The van der Waals surface area contributed by atoms with Crippen LogP contribution in [0.3, 0.4) is 0 Å². The molecule has 0 unspecified atom stereocenters. The SMILES string of the molecule is CC[C@@](CNS(=O)(=O)Cc1ccc(C(F)(F)F)cc1)(OC)c1ccccc1. The van der Waals surface area contributed by atoms with E-state index in [1.807, 2.05) is 37.3 Å². The van der Waals surface area contributed by atoms with Gasteiger partial charge in [-0.25, -0.2) is 13.1 Å². The molecule has 0 saturated carbocycles. The summed E-state index contributed by atoms with van der Waals surface area (Å²) in [4.78, 5) is 0. The monoisotopic (exact) mass is 401 g/mol. The predicted octanol–water partition coefficient (Wildman–Crippen LogP) is 4.08. The average Bonchev–Trinajstić information content (AvgIpc) is 2.63. The van der Waals surface area contributed by atoms with E-state index in [9.17, 15) is 21.6 Å². The van der Waals surface area contributed by atoms with Crippen LogP contribution in [0.2, 0.25) is 0 Å². The molecule has 0 amide bonds. The first-order valence-electron chi connectivity index (χ1n) is 8.36. The van der Waals surface area contributed by atoms with Crippen molar-refractivity contribution in [3.05, 3.63) is 71.3 Å². The van der Waals surface area contributed by atoms with E-state index in [0.717, 1.165) is 17.7 Å². The van der Waals surface area contributed by atoms with E-state index in [1.165, 1.54) is 19.2 Å². The van der Waals surface area contributed by atoms with Gasteiger partial charge in [0.25, 0.3) is 0 Å². The maximum Gasteiger partial charge on any atom is 0.416 e. The van der Waals surface area contributed by atoms with Gasteiger partial charge >= 0.3 is 6.18 Å².